The van der Waals surface area contributed by atoms with E-state index in [-0.39, 0.29) is 24.4 Å². The van der Waals surface area contributed by atoms with Gasteiger partial charge in [-0.25, -0.2) is 0 Å². The van der Waals surface area contributed by atoms with E-state index in [1.54, 1.807) is 11.8 Å². The molecule has 1 aliphatic rings. The summed E-state index contributed by atoms with van der Waals surface area (Å²) in [6.07, 6.45) is 6.51. The second kappa shape index (κ2) is 4.66. The standard InChI is InChI=1S/C10H14N2O2/c1-3-8(2)11-9(13)7-12-6-4-5-10(12)14/h1,8H,4-7H2,2H3,(H,11,13). The smallest absolute Gasteiger partial charge is 0.240 e. The normalized spacial score (nSPS) is 17.7. The number of nitrogens with one attached hydrogen (secondary N) is 1. The van der Waals surface area contributed by atoms with E-state index < -0.39 is 0 Å². The highest BCUT2D eigenvalue weighted by Crippen LogP contribution is 2.08. The van der Waals surface area contributed by atoms with E-state index in [0.29, 0.717) is 13.0 Å². The lowest BCUT2D eigenvalue weighted by Crippen LogP contribution is -2.40. The number of amides is 2. The summed E-state index contributed by atoms with van der Waals surface area (Å²) in [5.41, 5.74) is 0. The van der Waals surface area contributed by atoms with Crippen LogP contribution >= 0.6 is 0 Å². The van der Waals surface area contributed by atoms with E-state index in [1.165, 1.54) is 0 Å². The number of carbonyl (C=O) groups is 2. The van der Waals surface area contributed by atoms with Crippen molar-refractivity contribution in [3.05, 3.63) is 0 Å². The third-order valence-corrected chi connectivity index (χ3v) is 2.13. The van der Waals surface area contributed by atoms with Crippen molar-refractivity contribution in [1.82, 2.24) is 10.2 Å². The van der Waals surface area contributed by atoms with Crippen LogP contribution in [-0.2, 0) is 9.59 Å². The highest BCUT2D eigenvalue weighted by atomic mass is 16.2. The quantitative estimate of drug-likeness (QED) is 0.630. The number of hydrogen-bond donors (Lipinski definition) is 1. The van der Waals surface area contributed by atoms with E-state index >= 15 is 0 Å². The molecule has 0 saturated carbocycles. The summed E-state index contributed by atoms with van der Waals surface area (Å²) in [5, 5.41) is 2.61. The fraction of sp³-hybridized carbons (Fsp3) is 0.600. The van der Waals surface area contributed by atoms with Crippen molar-refractivity contribution in [2.75, 3.05) is 13.1 Å². The maximum Gasteiger partial charge on any atom is 0.240 e. The van der Waals surface area contributed by atoms with Crippen LogP contribution in [-0.4, -0.2) is 35.8 Å². The predicted molar refractivity (Wildman–Crippen MR) is 52.3 cm³/mol. The molecule has 4 heteroatoms. The summed E-state index contributed by atoms with van der Waals surface area (Å²) >= 11 is 0. The Labute approximate surface area is 83.6 Å². The van der Waals surface area contributed by atoms with Gasteiger partial charge in [-0.1, -0.05) is 5.92 Å². The molecule has 1 unspecified atom stereocenters. The number of carbonyl (C=O) groups excluding carboxylic acids is 2. The lowest BCUT2D eigenvalue weighted by molar-refractivity contribution is -0.133. The molecule has 2 amide bonds. The lowest BCUT2D eigenvalue weighted by Gasteiger charge is -2.15. The van der Waals surface area contributed by atoms with E-state index in [1.807, 2.05) is 0 Å². The van der Waals surface area contributed by atoms with Crippen LogP contribution in [0.15, 0.2) is 0 Å². The van der Waals surface area contributed by atoms with Gasteiger partial charge in [0.25, 0.3) is 0 Å². The number of likely N-dealkylation sites (tertiary alicyclic amines) is 1. The molecule has 76 valence electrons. The average Bonchev–Trinajstić information content (AvgIpc) is 2.51. The number of terminal acetylenes is 1. The van der Waals surface area contributed by atoms with E-state index in [0.717, 1.165) is 6.42 Å². The Bertz CT molecular complexity index is 280. The lowest BCUT2D eigenvalue weighted by atomic mass is 10.3. The fourth-order valence-corrected chi connectivity index (χ4v) is 1.37. The van der Waals surface area contributed by atoms with Gasteiger partial charge in [0.1, 0.15) is 0 Å². The van der Waals surface area contributed by atoms with Crippen LogP contribution in [0.4, 0.5) is 0 Å². The first kappa shape index (κ1) is 10.6. The molecule has 4 nitrogen and oxygen atoms in total. The molecule has 0 bridgehead atoms. The van der Waals surface area contributed by atoms with Crippen molar-refractivity contribution in [2.24, 2.45) is 0 Å². The Hall–Kier alpha value is -1.50. The summed E-state index contributed by atoms with van der Waals surface area (Å²) in [7, 11) is 0. The van der Waals surface area contributed by atoms with Gasteiger partial charge < -0.3 is 10.2 Å². The van der Waals surface area contributed by atoms with Crippen LogP contribution in [0.5, 0.6) is 0 Å². The minimum atomic E-state index is -0.278. The molecule has 0 aromatic carbocycles. The third kappa shape index (κ3) is 2.77. The first-order valence-electron chi connectivity index (χ1n) is 4.66. The molecule has 1 atom stereocenters. The van der Waals surface area contributed by atoms with Crippen LogP contribution < -0.4 is 5.32 Å². The van der Waals surface area contributed by atoms with Crippen molar-refractivity contribution in [2.45, 2.75) is 25.8 Å². The van der Waals surface area contributed by atoms with Gasteiger partial charge in [-0.3, -0.25) is 9.59 Å². The summed E-state index contributed by atoms with van der Waals surface area (Å²) in [5.74, 6) is 2.26. The molecule has 0 spiro atoms. The molecule has 0 aromatic heterocycles. The molecule has 1 fully saturated rings. The van der Waals surface area contributed by atoms with Crippen molar-refractivity contribution >= 4 is 11.8 Å². The maximum absolute atomic E-state index is 11.3. The Balaban J connectivity index is 2.34. The van der Waals surface area contributed by atoms with Gasteiger partial charge in [0.2, 0.25) is 11.8 Å². The molecule has 14 heavy (non-hydrogen) atoms. The van der Waals surface area contributed by atoms with E-state index in [9.17, 15) is 9.59 Å². The van der Waals surface area contributed by atoms with Crippen molar-refractivity contribution in [3.63, 3.8) is 0 Å². The molecular formula is C10H14N2O2. The van der Waals surface area contributed by atoms with Crippen molar-refractivity contribution < 1.29 is 9.59 Å². The molecule has 0 radical (unpaired) electrons. The van der Waals surface area contributed by atoms with Crippen molar-refractivity contribution in [1.29, 1.82) is 0 Å². The van der Waals surface area contributed by atoms with Gasteiger partial charge in [-0.2, -0.15) is 0 Å². The third-order valence-electron chi connectivity index (χ3n) is 2.13. The van der Waals surface area contributed by atoms with Crippen LogP contribution in [0.2, 0.25) is 0 Å². The Morgan fingerprint density at radius 2 is 2.50 bits per heavy atom. The SMILES string of the molecule is C#CC(C)NC(=O)CN1CCCC1=O. The highest BCUT2D eigenvalue weighted by Gasteiger charge is 2.22. The zero-order chi connectivity index (χ0) is 10.6. The minimum absolute atomic E-state index is 0.0495. The molecule has 1 saturated heterocycles. The molecule has 1 N–H and O–H groups in total. The highest BCUT2D eigenvalue weighted by molar-refractivity contribution is 5.86. The second-order valence-corrected chi connectivity index (χ2v) is 3.37. The number of nitrogens with zero attached hydrogens (tertiary/aromatic N) is 1. The summed E-state index contributed by atoms with van der Waals surface area (Å²) in [6.45, 7) is 2.53. The van der Waals surface area contributed by atoms with E-state index in [4.69, 9.17) is 6.42 Å². The summed E-state index contributed by atoms with van der Waals surface area (Å²) < 4.78 is 0. The topological polar surface area (TPSA) is 49.4 Å². The van der Waals surface area contributed by atoms with E-state index in [2.05, 4.69) is 11.2 Å². The first-order chi connectivity index (χ1) is 6.63. The maximum atomic E-state index is 11.3. The minimum Gasteiger partial charge on any atom is -0.341 e. The Morgan fingerprint density at radius 3 is 3.00 bits per heavy atom. The monoisotopic (exact) mass is 194 g/mol. The van der Waals surface area contributed by atoms with Crippen LogP contribution in [0.25, 0.3) is 0 Å². The molecule has 0 aromatic rings. The first-order valence-corrected chi connectivity index (χ1v) is 4.66. The van der Waals surface area contributed by atoms with Crippen LogP contribution in [0.1, 0.15) is 19.8 Å². The Kier molecular flexibility index (Phi) is 3.52. The van der Waals surface area contributed by atoms with Gasteiger partial charge in [0.15, 0.2) is 0 Å². The van der Waals surface area contributed by atoms with Crippen LogP contribution in [0.3, 0.4) is 0 Å². The average molecular weight is 194 g/mol. The summed E-state index contributed by atoms with van der Waals surface area (Å²) in [6, 6.07) is -0.278. The molecular weight excluding hydrogens is 180 g/mol. The van der Waals surface area contributed by atoms with Gasteiger partial charge in [0, 0.05) is 13.0 Å². The van der Waals surface area contributed by atoms with Gasteiger partial charge in [-0.15, -0.1) is 6.42 Å². The van der Waals surface area contributed by atoms with Crippen LogP contribution in [0, 0.1) is 12.3 Å². The van der Waals surface area contributed by atoms with Gasteiger partial charge in [0.05, 0.1) is 12.6 Å². The summed E-state index contributed by atoms with van der Waals surface area (Å²) in [4.78, 5) is 24.0. The van der Waals surface area contributed by atoms with Crippen molar-refractivity contribution in [3.8, 4) is 12.3 Å². The zero-order valence-corrected chi connectivity index (χ0v) is 8.25. The predicted octanol–water partition coefficient (Wildman–Crippen LogP) is -0.253. The van der Waals surface area contributed by atoms with Gasteiger partial charge >= 0.3 is 0 Å². The Morgan fingerprint density at radius 1 is 1.79 bits per heavy atom. The molecule has 0 aliphatic carbocycles. The second-order valence-electron chi connectivity index (χ2n) is 3.37. The number of hydrogen-bond acceptors (Lipinski definition) is 2. The molecule has 1 rings (SSSR count). The zero-order valence-electron chi connectivity index (χ0n) is 8.25. The molecule has 1 heterocycles. The largest absolute Gasteiger partial charge is 0.341 e. The number of rotatable bonds is 3. The van der Waals surface area contributed by atoms with Gasteiger partial charge in [-0.05, 0) is 13.3 Å². The molecule has 1 aliphatic heterocycles. The fourth-order valence-electron chi connectivity index (χ4n) is 1.37.